The molecule has 6 nitrogen and oxygen atoms in total. The van der Waals surface area contributed by atoms with Crippen LogP contribution >= 0.6 is 0 Å². The highest BCUT2D eigenvalue weighted by atomic mass is 16.1. The summed E-state index contributed by atoms with van der Waals surface area (Å²) in [4.78, 5) is 14.1. The van der Waals surface area contributed by atoms with Gasteiger partial charge in [0.1, 0.15) is 5.52 Å². The number of H-pyrrole nitrogens is 1. The van der Waals surface area contributed by atoms with E-state index in [1.807, 2.05) is 13.2 Å². The predicted molar refractivity (Wildman–Crippen MR) is 58.0 cm³/mol. The lowest BCUT2D eigenvalue weighted by Crippen LogP contribution is -2.07. The molecule has 0 saturated heterocycles. The molecular weight excluding hydrogens is 206 g/mol. The third kappa shape index (κ3) is 1.23. The Balaban J connectivity index is 2.26. The van der Waals surface area contributed by atoms with E-state index in [4.69, 9.17) is 0 Å². The second-order valence-corrected chi connectivity index (χ2v) is 3.55. The number of nitrogens with one attached hydrogen (secondary N) is 1. The number of aryl methyl sites for hydroxylation is 1. The van der Waals surface area contributed by atoms with Crippen LogP contribution in [0.3, 0.4) is 0 Å². The van der Waals surface area contributed by atoms with E-state index >= 15 is 0 Å². The topological polar surface area (TPSA) is 68.0 Å². The molecule has 0 atom stereocenters. The fourth-order valence-electron chi connectivity index (χ4n) is 1.63. The molecule has 3 rings (SSSR count). The number of rotatable bonds is 1. The molecule has 0 unspecified atom stereocenters. The summed E-state index contributed by atoms with van der Waals surface area (Å²) < 4.78 is 3.25. The highest BCUT2D eigenvalue weighted by molar-refractivity contribution is 5.63. The Morgan fingerprint density at radius 3 is 3.00 bits per heavy atom. The standard InChI is InChI=1S/C10H9N5O/c1-14-6-7(5-12-14)8-4-9-10(16)11-2-3-15(9)13-8/h2-6H,1H3,(H,11,16). The van der Waals surface area contributed by atoms with E-state index < -0.39 is 0 Å². The van der Waals surface area contributed by atoms with Crippen molar-refractivity contribution in [3.8, 4) is 11.3 Å². The van der Waals surface area contributed by atoms with Crippen molar-refractivity contribution in [3.63, 3.8) is 0 Å². The predicted octanol–water partition coefficient (Wildman–Crippen LogP) is 0.423. The highest BCUT2D eigenvalue weighted by Crippen LogP contribution is 2.16. The fraction of sp³-hybridized carbons (Fsp3) is 0.100. The Kier molecular flexibility index (Phi) is 1.70. The van der Waals surface area contributed by atoms with Gasteiger partial charge in [0, 0.05) is 31.2 Å². The van der Waals surface area contributed by atoms with Gasteiger partial charge < -0.3 is 4.98 Å². The van der Waals surface area contributed by atoms with Gasteiger partial charge in [-0.15, -0.1) is 0 Å². The first-order valence-corrected chi connectivity index (χ1v) is 4.80. The lowest BCUT2D eigenvalue weighted by molar-refractivity contribution is 0.768. The van der Waals surface area contributed by atoms with E-state index in [1.54, 1.807) is 33.9 Å². The van der Waals surface area contributed by atoms with E-state index in [1.165, 1.54) is 0 Å². The Bertz CT molecular complexity index is 705. The zero-order valence-corrected chi connectivity index (χ0v) is 8.58. The minimum absolute atomic E-state index is 0.148. The Morgan fingerprint density at radius 2 is 2.31 bits per heavy atom. The van der Waals surface area contributed by atoms with Crippen molar-refractivity contribution in [3.05, 3.63) is 41.2 Å². The highest BCUT2D eigenvalue weighted by Gasteiger charge is 2.07. The number of aromatic nitrogens is 5. The molecule has 0 saturated carbocycles. The molecule has 0 aliphatic carbocycles. The summed E-state index contributed by atoms with van der Waals surface area (Å²) in [5, 5.41) is 8.37. The maximum Gasteiger partial charge on any atom is 0.273 e. The molecule has 0 spiro atoms. The van der Waals surface area contributed by atoms with Crippen LogP contribution in [0.5, 0.6) is 0 Å². The number of hydrogen-bond donors (Lipinski definition) is 1. The van der Waals surface area contributed by atoms with Crippen LogP contribution in [0.4, 0.5) is 0 Å². The van der Waals surface area contributed by atoms with Crippen molar-refractivity contribution in [2.75, 3.05) is 0 Å². The van der Waals surface area contributed by atoms with Gasteiger partial charge in [-0.05, 0) is 6.07 Å². The van der Waals surface area contributed by atoms with Gasteiger partial charge >= 0.3 is 0 Å². The van der Waals surface area contributed by atoms with Gasteiger partial charge in [-0.1, -0.05) is 0 Å². The van der Waals surface area contributed by atoms with Crippen LogP contribution in [0.25, 0.3) is 16.8 Å². The summed E-state index contributed by atoms with van der Waals surface area (Å²) in [5.41, 5.74) is 2.02. The summed E-state index contributed by atoms with van der Waals surface area (Å²) in [7, 11) is 1.84. The van der Waals surface area contributed by atoms with Gasteiger partial charge in [0.25, 0.3) is 5.56 Å². The molecule has 0 radical (unpaired) electrons. The average Bonchev–Trinajstić information content (AvgIpc) is 2.84. The molecule has 0 bridgehead atoms. The van der Waals surface area contributed by atoms with Crippen molar-refractivity contribution in [1.82, 2.24) is 24.4 Å². The van der Waals surface area contributed by atoms with Crippen LogP contribution in [-0.2, 0) is 7.05 Å². The first-order valence-electron chi connectivity index (χ1n) is 4.80. The van der Waals surface area contributed by atoms with E-state index in [0.717, 1.165) is 11.3 Å². The van der Waals surface area contributed by atoms with Gasteiger partial charge in [-0.3, -0.25) is 9.48 Å². The molecular formula is C10H9N5O. The van der Waals surface area contributed by atoms with Crippen LogP contribution in [0.1, 0.15) is 0 Å². The molecule has 3 heterocycles. The summed E-state index contributed by atoms with van der Waals surface area (Å²) in [5.74, 6) is 0. The Labute approximate surface area is 90.1 Å². The van der Waals surface area contributed by atoms with Crippen LogP contribution in [-0.4, -0.2) is 24.4 Å². The molecule has 0 aromatic carbocycles. The first kappa shape index (κ1) is 8.90. The maximum atomic E-state index is 11.5. The second kappa shape index (κ2) is 3.06. The number of nitrogens with zero attached hydrogens (tertiary/aromatic N) is 4. The minimum Gasteiger partial charge on any atom is -0.326 e. The monoisotopic (exact) mass is 215 g/mol. The summed E-state index contributed by atoms with van der Waals surface area (Å²) in [6.45, 7) is 0. The van der Waals surface area contributed by atoms with Gasteiger partial charge in [-0.2, -0.15) is 10.2 Å². The number of fused-ring (bicyclic) bond motifs is 1. The molecule has 1 N–H and O–H groups in total. The third-order valence-corrected chi connectivity index (χ3v) is 2.40. The normalized spacial score (nSPS) is 11.1. The number of aromatic amines is 1. The summed E-state index contributed by atoms with van der Waals surface area (Å²) >= 11 is 0. The largest absolute Gasteiger partial charge is 0.326 e. The minimum atomic E-state index is -0.148. The Morgan fingerprint density at radius 1 is 1.44 bits per heavy atom. The second-order valence-electron chi connectivity index (χ2n) is 3.55. The van der Waals surface area contributed by atoms with Crippen molar-refractivity contribution in [1.29, 1.82) is 0 Å². The zero-order chi connectivity index (χ0) is 11.1. The fourth-order valence-corrected chi connectivity index (χ4v) is 1.63. The average molecular weight is 215 g/mol. The molecule has 80 valence electrons. The van der Waals surface area contributed by atoms with Crippen LogP contribution < -0.4 is 5.56 Å². The quantitative estimate of drug-likeness (QED) is 0.639. The lowest BCUT2D eigenvalue weighted by atomic mass is 10.2. The molecule has 0 amide bonds. The van der Waals surface area contributed by atoms with Crippen molar-refractivity contribution >= 4 is 5.52 Å². The van der Waals surface area contributed by atoms with E-state index in [0.29, 0.717) is 5.52 Å². The van der Waals surface area contributed by atoms with Crippen LogP contribution in [0.2, 0.25) is 0 Å². The van der Waals surface area contributed by atoms with Crippen LogP contribution in [0.15, 0.2) is 35.6 Å². The molecule has 0 fully saturated rings. The van der Waals surface area contributed by atoms with Crippen molar-refractivity contribution in [2.45, 2.75) is 0 Å². The third-order valence-electron chi connectivity index (χ3n) is 2.40. The van der Waals surface area contributed by atoms with E-state index in [9.17, 15) is 4.79 Å². The van der Waals surface area contributed by atoms with Gasteiger partial charge in [-0.25, -0.2) is 4.52 Å². The van der Waals surface area contributed by atoms with Crippen molar-refractivity contribution < 1.29 is 0 Å². The molecule has 3 aromatic heterocycles. The molecule has 16 heavy (non-hydrogen) atoms. The molecule has 0 aliphatic heterocycles. The van der Waals surface area contributed by atoms with Gasteiger partial charge in [0.2, 0.25) is 0 Å². The molecule has 0 aliphatic rings. The van der Waals surface area contributed by atoms with E-state index in [-0.39, 0.29) is 5.56 Å². The van der Waals surface area contributed by atoms with Crippen LogP contribution in [0, 0.1) is 0 Å². The Hall–Kier alpha value is -2.37. The SMILES string of the molecule is Cn1cc(-c2cc3c(=O)[nH]ccn3n2)cn1. The number of hydrogen-bond acceptors (Lipinski definition) is 3. The maximum absolute atomic E-state index is 11.5. The molecule has 6 heteroatoms. The summed E-state index contributed by atoms with van der Waals surface area (Å²) in [6, 6.07) is 1.75. The summed E-state index contributed by atoms with van der Waals surface area (Å²) in [6.07, 6.45) is 6.85. The lowest BCUT2D eigenvalue weighted by Gasteiger charge is -1.88. The smallest absolute Gasteiger partial charge is 0.273 e. The molecule has 3 aromatic rings. The van der Waals surface area contributed by atoms with Crippen molar-refractivity contribution in [2.24, 2.45) is 7.05 Å². The first-order chi connectivity index (χ1) is 7.74. The zero-order valence-electron chi connectivity index (χ0n) is 8.58. The van der Waals surface area contributed by atoms with E-state index in [2.05, 4.69) is 15.2 Å². The van der Waals surface area contributed by atoms with Gasteiger partial charge in [0.05, 0.1) is 11.9 Å². The van der Waals surface area contributed by atoms with Gasteiger partial charge in [0.15, 0.2) is 0 Å².